The summed E-state index contributed by atoms with van der Waals surface area (Å²) in [6.07, 6.45) is -3.59. The van der Waals surface area contributed by atoms with E-state index in [0.717, 1.165) is 11.8 Å². The number of hydrogen-bond donors (Lipinski definition) is 1. The quantitative estimate of drug-likeness (QED) is 0.864. The van der Waals surface area contributed by atoms with Crippen LogP contribution in [0.25, 0.3) is 0 Å². The van der Waals surface area contributed by atoms with Crippen molar-refractivity contribution in [1.29, 1.82) is 0 Å². The van der Waals surface area contributed by atoms with Crippen LogP contribution in [0.4, 0.5) is 19.0 Å². The number of hydrogen-bond acceptors (Lipinski definition) is 5. The second-order valence-corrected chi connectivity index (χ2v) is 6.37. The van der Waals surface area contributed by atoms with Gasteiger partial charge < -0.3 is 15.0 Å². The van der Waals surface area contributed by atoms with Crippen LogP contribution in [0.3, 0.4) is 0 Å². The Hall–Kier alpha value is -2.84. The Morgan fingerprint density at radius 2 is 1.93 bits per heavy atom. The number of nitrogens with one attached hydrogen (secondary N) is 1. The molecule has 2 aromatic rings. The molecule has 1 aromatic heterocycles. The number of amides is 1. The van der Waals surface area contributed by atoms with Gasteiger partial charge >= 0.3 is 6.18 Å². The van der Waals surface area contributed by atoms with Crippen molar-refractivity contribution in [2.75, 3.05) is 18.0 Å². The Morgan fingerprint density at radius 3 is 2.52 bits per heavy atom. The molecule has 1 aliphatic rings. The van der Waals surface area contributed by atoms with Crippen LogP contribution in [-0.2, 0) is 11.0 Å². The van der Waals surface area contributed by atoms with E-state index < -0.39 is 12.0 Å². The number of ether oxygens (including phenoxy) is 1. The third-order valence-corrected chi connectivity index (χ3v) is 4.17. The van der Waals surface area contributed by atoms with Crippen LogP contribution in [0, 0.1) is 0 Å². The highest BCUT2D eigenvalue weighted by molar-refractivity contribution is 5.73. The van der Waals surface area contributed by atoms with Crippen molar-refractivity contribution in [3.8, 4) is 5.75 Å². The van der Waals surface area contributed by atoms with E-state index in [1.807, 2.05) is 31.2 Å². The fourth-order valence-electron chi connectivity index (χ4n) is 2.78. The van der Waals surface area contributed by atoms with Gasteiger partial charge in [-0.2, -0.15) is 13.2 Å². The van der Waals surface area contributed by atoms with Crippen LogP contribution in [-0.4, -0.2) is 35.1 Å². The van der Waals surface area contributed by atoms with Gasteiger partial charge in [-0.3, -0.25) is 4.79 Å². The minimum absolute atomic E-state index is 0.101. The molecule has 1 amide bonds. The summed E-state index contributed by atoms with van der Waals surface area (Å²) in [4.78, 5) is 19.6. The number of rotatable bonds is 5. The highest BCUT2D eigenvalue weighted by Gasteiger charge is 2.36. The lowest BCUT2D eigenvalue weighted by atomic mass is 10.1. The third kappa shape index (κ3) is 4.66. The molecule has 1 saturated heterocycles. The summed E-state index contributed by atoms with van der Waals surface area (Å²) in [5.74, 6) is -0.349. The molecule has 9 heteroatoms. The number of anilines is 1. The summed E-state index contributed by atoms with van der Waals surface area (Å²) in [6.45, 7) is 4.24. The zero-order chi connectivity index (χ0) is 19.6. The van der Waals surface area contributed by atoms with E-state index in [-0.39, 0.29) is 23.9 Å². The van der Waals surface area contributed by atoms with E-state index in [4.69, 9.17) is 4.74 Å². The van der Waals surface area contributed by atoms with Gasteiger partial charge in [0.2, 0.25) is 11.7 Å². The predicted molar refractivity (Wildman–Crippen MR) is 92.3 cm³/mol. The average Bonchev–Trinajstić information content (AvgIpc) is 2.57. The molecular weight excluding hydrogens is 361 g/mol. The second kappa shape index (κ2) is 7.42. The molecule has 1 aromatic carbocycles. The first kappa shape index (κ1) is 18.9. The first-order chi connectivity index (χ1) is 12.7. The van der Waals surface area contributed by atoms with Gasteiger partial charge in [-0.25, -0.2) is 9.97 Å². The van der Waals surface area contributed by atoms with E-state index in [1.54, 1.807) is 4.90 Å². The Labute approximate surface area is 154 Å². The lowest BCUT2D eigenvalue weighted by molar-refractivity contribution is -0.144. The number of carbonyl (C=O) groups excluding carboxylic acids is 1. The van der Waals surface area contributed by atoms with E-state index >= 15 is 0 Å². The van der Waals surface area contributed by atoms with Crippen molar-refractivity contribution in [3.05, 3.63) is 47.9 Å². The summed E-state index contributed by atoms with van der Waals surface area (Å²) >= 11 is 0. The lowest BCUT2D eigenvalue weighted by Gasteiger charge is -2.39. The molecule has 6 nitrogen and oxygen atoms in total. The van der Waals surface area contributed by atoms with Gasteiger partial charge in [0.05, 0.1) is 19.1 Å². The smallest absolute Gasteiger partial charge is 0.451 e. The molecule has 2 heterocycles. The highest BCUT2D eigenvalue weighted by atomic mass is 19.4. The largest absolute Gasteiger partial charge is 0.487 e. The first-order valence-electron chi connectivity index (χ1n) is 8.41. The number of alkyl halides is 3. The summed E-state index contributed by atoms with van der Waals surface area (Å²) < 4.78 is 43.9. The first-order valence-corrected chi connectivity index (χ1v) is 8.41. The van der Waals surface area contributed by atoms with Crippen LogP contribution in [0.5, 0.6) is 5.75 Å². The maximum atomic E-state index is 12.7. The Bertz CT molecular complexity index is 805. The molecule has 0 saturated carbocycles. The Kier molecular flexibility index (Phi) is 5.20. The maximum Gasteiger partial charge on any atom is 0.451 e. The number of benzene rings is 1. The molecule has 1 fully saturated rings. The van der Waals surface area contributed by atoms with Crippen molar-refractivity contribution in [2.45, 2.75) is 32.2 Å². The SMILES string of the molecule is CC(=O)NC(C)c1ccc(OC2CN(c3ccnc(C(F)(F)F)n3)C2)cc1. The van der Waals surface area contributed by atoms with E-state index in [9.17, 15) is 18.0 Å². The fraction of sp³-hybridized carbons (Fsp3) is 0.389. The standard InChI is InChI=1S/C18H19F3N4O2/c1-11(23-12(2)26)13-3-5-14(6-4-13)27-15-9-25(10-15)16-7-8-22-17(24-16)18(19,20)21/h3-8,11,15H,9-10H2,1-2H3,(H,23,26). The average molecular weight is 380 g/mol. The normalized spacial score (nSPS) is 15.8. The van der Waals surface area contributed by atoms with Crippen LogP contribution in [0.1, 0.15) is 31.3 Å². The predicted octanol–water partition coefficient (Wildman–Crippen LogP) is 2.96. The monoisotopic (exact) mass is 380 g/mol. The van der Waals surface area contributed by atoms with Crippen molar-refractivity contribution >= 4 is 11.7 Å². The van der Waals surface area contributed by atoms with Gasteiger partial charge in [-0.1, -0.05) is 12.1 Å². The molecule has 27 heavy (non-hydrogen) atoms. The van der Waals surface area contributed by atoms with Gasteiger partial charge in [0.15, 0.2) is 0 Å². The summed E-state index contributed by atoms with van der Waals surface area (Å²) in [5, 5.41) is 2.80. The molecule has 3 rings (SSSR count). The molecule has 1 unspecified atom stereocenters. The zero-order valence-corrected chi connectivity index (χ0v) is 14.8. The second-order valence-electron chi connectivity index (χ2n) is 6.37. The van der Waals surface area contributed by atoms with Crippen molar-refractivity contribution in [2.24, 2.45) is 0 Å². The maximum absolute atomic E-state index is 12.7. The van der Waals surface area contributed by atoms with E-state index in [1.165, 1.54) is 13.0 Å². The lowest BCUT2D eigenvalue weighted by Crippen LogP contribution is -2.54. The Balaban J connectivity index is 1.54. The molecule has 1 aliphatic heterocycles. The van der Waals surface area contributed by atoms with Gasteiger partial charge in [0.25, 0.3) is 0 Å². The number of carbonyl (C=O) groups is 1. The fourth-order valence-corrected chi connectivity index (χ4v) is 2.78. The van der Waals surface area contributed by atoms with E-state index in [0.29, 0.717) is 18.8 Å². The molecule has 0 aliphatic carbocycles. The minimum atomic E-state index is -4.56. The molecule has 1 N–H and O–H groups in total. The molecule has 0 radical (unpaired) electrons. The van der Waals surface area contributed by atoms with Crippen molar-refractivity contribution in [1.82, 2.24) is 15.3 Å². The van der Waals surface area contributed by atoms with Crippen LogP contribution in [0.15, 0.2) is 36.5 Å². The van der Waals surface area contributed by atoms with Crippen molar-refractivity contribution in [3.63, 3.8) is 0 Å². The van der Waals surface area contributed by atoms with Gasteiger partial charge in [0.1, 0.15) is 17.7 Å². The summed E-state index contributed by atoms with van der Waals surface area (Å²) in [7, 11) is 0. The van der Waals surface area contributed by atoms with Crippen LogP contribution < -0.4 is 15.0 Å². The van der Waals surface area contributed by atoms with Gasteiger partial charge in [-0.05, 0) is 30.7 Å². The topological polar surface area (TPSA) is 67.3 Å². The van der Waals surface area contributed by atoms with Crippen LogP contribution >= 0.6 is 0 Å². The molecule has 144 valence electrons. The zero-order valence-electron chi connectivity index (χ0n) is 14.8. The summed E-state index contributed by atoms with van der Waals surface area (Å²) in [5.41, 5.74) is 0.952. The molecule has 1 atom stereocenters. The summed E-state index contributed by atoms with van der Waals surface area (Å²) in [6, 6.07) is 8.70. The van der Waals surface area contributed by atoms with Crippen molar-refractivity contribution < 1.29 is 22.7 Å². The number of nitrogens with zero attached hydrogens (tertiary/aromatic N) is 3. The molecule has 0 bridgehead atoms. The third-order valence-electron chi connectivity index (χ3n) is 4.17. The Morgan fingerprint density at radius 1 is 1.26 bits per heavy atom. The number of halogens is 3. The highest BCUT2D eigenvalue weighted by Crippen LogP contribution is 2.29. The van der Waals surface area contributed by atoms with Gasteiger partial charge in [0, 0.05) is 13.1 Å². The van der Waals surface area contributed by atoms with Gasteiger partial charge in [-0.15, -0.1) is 0 Å². The molecular formula is C18H19F3N4O2. The molecule has 0 spiro atoms. The van der Waals surface area contributed by atoms with E-state index in [2.05, 4.69) is 15.3 Å². The van der Waals surface area contributed by atoms with Crippen LogP contribution in [0.2, 0.25) is 0 Å². The number of aromatic nitrogens is 2. The minimum Gasteiger partial charge on any atom is -0.487 e.